The highest BCUT2D eigenvalue weighted by molar-refractivity contribution is 7.90. The van der Waals surface area contributed by atoms with Gasteiger partial charge in [-0.15, -0.1) is 0 Å². The molecule has 1 aromatic heterocycles. The van der Waals surface area contributed by atoms with Crippen LogP contribution in [0.1, 0.15) is 5.69 Å². The summed E-state index contributed by atoms with van der Waals surface area (Å²) in [6.45, 7) is 1.90. The van der Waals surface area contributed by atoms with Crippen molar-refractivity contribution in [1.82, 2.24) is 4.98 Å². The third-order valence-corrected chi connectivity index (χ3v) is 6.36. The third-order valence-electron chi connectivity index (χ3n) is 4.62. The first kappa shape index (κ1) is 20.7. The van der Waals surface area contributed by atoms with Gasteiger partial charge in [-0.3, -0.25) is 4.98 Å². The molecule has 4 nitrogen and oxygen atoms in total. The largest absolute Gasteiger partial charge is 0.457 e. The molecule has 0 aliphatic heterocycles. The van der Waals surface area contributed by atoms with Crippen molar-refractivity contribution in [2.24, 2.45) is 0 Å². The van der Waals surface area contributed by atoms with Crippen LogP contribution in [0.4, 0.5) is 0 Å². The number of rotatable bonds is 4. The first-order valence-electron chi connectivity index (χ1n) is 9.06. The van der Waals surface area contributed by atoms with Crippen LogP contribution in [0.5, 0.6) is 11.5 Å². The summed E-state index contributed by atoms with van der Waals surface area (Å²) in [5, 5.41) is 2.00. The van der Waals surface area contributed by atoms with Crippen LogP contribution in [0.2, 0.25) is 10.0 Å². The molecule has 4 rings (SSSR count). The van der Waals surface area contributed by atoms with Crippen LogP contribution < -0.4 is 4.74 Å². The average molecular weight is 458 g/mol. The maximum atomic E-state index is 11.8. The molecule has 0 spiro atoms. The Bertz CT molecular complexity index is 1380. The summed E-state index contributed by atoms with van der Waals surface area (Å²) < 4.78 is 29.6. The molecule has 0 saturated heterocycles. The van der Waals surface area contributed by atoms with Crippen molar-refractivity contribution in [1.29, 1.82) is 0 Å². The standard InChI is InChI=1S/C23H17Cl2NO3S/c1-14-11-19(18-7-4-8-22(25)23(18)26-14)20-13-16(9-10-21(20)24)29-15-5-3-6-17(12-15)30(2,27)28/h3-13H,1-2H3. The van der Waals surface area contributed by atoms with Crippen molar-refractivity contribution >= 4 is 43.9 Å². The van der Waals surface area contributed by atoms with Gasteiger partial charge in [0, 0.05) is 27.9 Å². The molecule has 4 aromatic rings. The molecular formula is C23H17Cl2NO3S. The Kier molecular flexibility index (Phi) is 5.45. The smallest absolute Gasteiger partial charge is 0.175 e. The van der Waals surface area contributed by atoms with Crippen LogP contribution >= 0.6 is 23.2 Å². The minimum Gasteiger partial charge on any atom is -0.457 e. The fraction of sp³-hybridized carbons (Fsp3) is 0.0870. The van der Waals surface area contributed by atoms with E-state index in [1.54, 1.807) is 30.3 Å². The van der Waals surface area contributed by atoms with Gasteiger partial charge >= 0.3 is 0 Å². The Morgan fingerprint density at radius 3 is 2.33 bits per heavy atom. The number of aromatic nitrogens is 1. The molecule has 0 aliphatic rings. The van der Waals surface area contributed by atoms with E-state index in [4.69, 9.17) is 27.9 Å². The van der Waals surface area contributed by atoms with Crippen molar-refractivity contribution in [3.8, 4) is 22.6 Å². The first-order valence-corrected chi connectivity index (χ1v) is 11.7. The second-order valence-electron chi connectivity index (χ2n) is 6.94. The van der Waals surface area contributed by atoms with Gasteiger partial charge in [-0.2, -0.15) is 0 Å². The molecular weight excluding hydrogens is 441 g/mol. The number of fused-ring (bicyclic) bond motifs is 1. The van der Waals surface area contributed by atoms with Gasteiger partial charge in [-0.05, 0) is 61.0 Å². The predicted molar refractivity (Wildman–Crippen MR) is 122 cm³/mol. The quantitative estimate of drug-likeness (QED) is 0.341. The monoisotopic (exact) mass is 457 g/mol. The number of sulfone groups is 1. The lowest BCUT2D eigenvalue weighted by molar-refractivity contribution is 0.481. The van der Waals surface area contributed by atoms with Gasteiger partial charge in [0.2, 0.25) is 0 Å². The number of hydrogen-bond acceptors (Lipinski definition) is 4. The van der Waals surface area contributed by atoms with Crippen molar-refractivity contribution in [2.75, 3.05) is 6.26 Å². The van der Waals surface area contributed by atoms with Crippen LogP contribution in [-0.4, -0.2) is 19.7 Å². The van der Waals surface area contributed by atoms with Crippen LogP contribution in [0.3, 0.4) is 0 Å². The highest BCUT2D eigenvalue weighted by atomic mass is 35.5. The summed E-state index contributed by atoms with van der Waals surface area (Å²) >= 11 is 12.9. The lowest BCUT2D eigenvalue weighted by atomic mass is 10.00. The van der Waals surface area contributed by atoms with Crippen molar-refractivity contribution in [3.63, 3.8) is 0 Å². The first-order chi connectivity index (χ1) is 14.2. The SMILES string of the molecule is Cc1cc(-c2cc(Oc3cccc(S(C)(=O)=O)c3)ccc2Cl)c2cccc(Cl)c2n1. The summed E-state index contributed by atoms with van der Waals surface area (Å²) in [4.78, 5) is 4.74. The van der Waals surface area contributed by atoms with Crippen LogP contribution in [0.15, 0.2) is 71.6 Å². The van der Waals surface area contributed by atoms with Crippen LogP contribution in [0, 0.1) is 6.92 Å². The fourth-order valence-corrected chi connectivity index (χ4v) is 4.34. The Morgan fingerprint density at radius 1 is 0.833 bits per heavy atom. The molecule has 0 N–H and O–H groups in total. The summed E-state index contributed by atoms with van der Waals surface area (Å²) in [6, 6.07) is 19.3. The van der Waals surface area contributed by atoms with Crippen molar-refractivity contribution in [3.05, 3.63) is 82.5 Å². The Hall–Kier alpha value is -2.60. The van der Waals surface area contributed by atoms with E-state index in [2.05, 4.69) is 4.98 Å². The van der Waals surface area contributed by atoms with E-state index in [1.165, 1.54) is 12.1 Å². The van der Waals surface area contributed by atoms with Gasteiger partial charge in [0.15, 0.2) is 9.84 Å². The Balaban J connectivity index is 1.81. The zero-order valence-electron chi connectivity index (χ0n) is 16.2. The Morgan fingerprint density at radius 2 is 1.57 bits per heavy atom. The van der Waals surface area contributed by atoms with E-state index in [1.807, 2.05) is 31.2 Å². The number of hydrogen-bond donors (Lipinski definition) is 0. The number of pyridine rings is 1. The van der Waals surface area contributed by atoms with Crippen molar-refractivity contribution < 1.29 is 13.2 Å². The highest BCUT2D eigenvalue weighted by Crippen LogP contribution is 2.38. The lowest BCUT2D eigenvalue weighted by Crippen LogP contribution is -1.97. The third kappa shape index (κ3) is 4.15. The zero-order valence-corrected chi connectivity index (χ0v) is 18.5. The predicted octanol–water partition coefficient (Wildman–Crippen LogP) is 6.71. The molecule has 0 fully saturated rings. The van der Waals surface area contributed by atoms with Gasteiger partial charge in [0.05, 0.1) is 15.4 Å². The molecule has 0 unspecified atom stereocenters. The summed E-state index contributed by atoms with van der Waals surface area (Å²) in [7, 11) is -3.33. The van der Waals surface area contributed by atoms with E-state index in [9.17, 15) is 8.42 Å². The van der Waals surface area contributed by atoms with Gasteiger partial charge in [-0.25, -0.2) is 8.42 Å². The second kappa shape index (κ2) is 7.91. The van der Waals surface area contributed by atoms with Crippen LogP contribution in [0.25, 0.3) is 22.0 Å². The topological polar surface area (TPSA) is 56.3 Å². The number of benzene rings is 3. The molecule has 0 amide bonds. The molecule has 0 radical (unpaired) electrons. The average Bonchev–Trinajstić information content (AvgIpc) is 2.69. The lowest BCUT2D eigenvalue weighted by Gasteiger charge is -2.13. The highest BCUT2D eigenvalue weighted by Gasteiger charge is 2.14. The molecule has 152 valence electrons. The minimum absolute atomic E-state index is 0.194. The molecule has 0 aliphatic carbocycles. The normalized spacial score (nSPS) is 11.6. The number of nitrogens with zero attached hydrogens (tertiary/aromatic N) is 1. The number of ether oxygens (including phenoxy) is 1. The number of para-hydroxylation sites is 1. The molecule has 0 saturated carbocycles. The van der Waals surface area contributed by atoms with Gasteiger partial charge in [0.1, 0.15) is 11.5 Å². The maximum absolute atomic E-state index is 11.8. The fourth-order valence-electron chi connectivity index (χ4n) is 3.24. The zero-order chi connectivity index (χ0) is 21.5. The van der Waals surface area contributed by atoms with E-state index < -0.39 is 9.84 Å². The number of halogens is 2. The summed E-state index contributed by atoms with van der Waals surface area (Å²) in [5.74, 6) is 0.953. The van der Waals surface area contributed by atoms with Crippen molar-refractivity contribution in [2.45, 2.75) is 11.8 Å². The van der Waals surface area contributed by atoms with E-state index >= 15 is 0 Å². The summed E-state index contributed by atoms with van der Waals surface area (Å²) in [5.41, 5.74) is 3.18. The maximum Gasteiger partial charge on any atom is 0.175 e. The van der Waals surface area contributed by atoms with E-state index in [-0.39, 0.29) is 4.90 Å². The molecule has 7 heteroatoms. The molecule has 3 aromatic carbocycles. The van der Waals surface area contributed by atoms with Gasteiger partial charge < -0.3 is 4.74 Å². The van der Waals surface area contributed by atoms with E-state index in [0.29, 0.717) is 27.1 Å². The second-order valence-corrected chi connectivity index (χ2v) is 9.77. The van der Waals surface area contributed by atoms with E-state index in [0.717, 1.165) is 28.5 Å². The molecule has 1 heterocycles. The van der Waals surface area contributed by atoms with Crippen LogP contribution in [-0.2, 0) is 9.84 Å². The van der Waals surface area contributed by atoms with Gasteiger partial charge in [0.25, 0.3) is 0 Å². The molecule has 0 atom stereocenters. The molecule has 30 heavy (non-hydrogen) atoms. The van der Waals surface area contributed by atoms with Gasteiger partial charge in [-0.1, -0.05) is 41.4 Å². The summed E-state index contributed by atoms with van der Waals surface area (Å²) in [6.07, 6.45) is 1.16. The minimum atomic E-state index is -3.33. The molecule has 0 bridgehead atoms. The number of aryl methyl sites for hydroxylation is 1. The Labute approximate surface area is 185 Å².